The van der Waals surface area contributed by atoms with Crippen LogP contribution in [0.25, 0.3) is 59.3 Å². The van der Waals surface area contributed by atoms with Crippen molar-refractivity contribution in [2.24, 2.45) is 0 Å². The smallest absolute Gasteiger partial charge is 0.160 e. The Labute approximate surface area is 349 Å². The quantitative estimate of drug-likeness (QED) is 0.169. The number of para-hydroxylation sites is 1. The zero-order valence-corrected chi connectivity index (χ0v) is 33.9. The normalized spacial score (nSPS) is 16.6. The average Bonchev–Trinajstić information content (AvgIpc) is 3.78. The first-order valence-electron chi connectivity index (χ1n) is 20.5. The molecule has 0 spiro atoms. The van der Waals surface area contributed by atoms with Crippen LogP contribution in [-0.4, -0.2) is 6.29 Å². The summed E-state index contributed by atoms with van der Waals surface area (Å²) < 4.78 is 2.57. The van der Waals surface area contributed by atoms with Gasteiger partial charge in [0.15, 0.2) is 6.29 Å². The van der Waals surface area contributed by atoms with Gasteiger partial charge in [0.1, 0.15) is 0 Å². The lowest BCUT2D eigenvalue weighted by Gasteiger charge is -2.41. The summed E-state index contributed by atoms with van der Waals surface area (Å²) in [6.45, 7) is 4.71. The second-order valence-corrected chi connectivity index (χ2v) is 17.3. The number of hydrogen-bond donors (Lipinski definition) is 2. The van der Waals surface area contributed by atoms with Gasteiger partial charge in [0.2, 0.25) is 0 Å². The van der Waals surface area contributed by atoms with Gasteiger partial charge in [-0.3, -0.25) is 5.32 Å². The molecular formula is C55H43N3S. The molecule has 2 heterocycles. The summed E-state index contributed by atoms with van der Waals surface area (Å²) >= 11 is 1.86. The van der Waals surface area contributed by atoms with Gasteiger partial charge in [-0.25, -0.2) is 0 Å². The Morgan fingerprint density at radius 1 is 0.475 bits per heavy atom. The van der Waals surface area contributed by atoms with Crippen LogP contribution in [0.5, 0.6) is 0 Å². The summed E-state index contributed by atoms with van der Waals surface area (Å²) in [5.74, 6) is 0. The molecule has 2 unspecified atom stereocenters. The van der Waals surface area contributed by atoms with E-state index in [1.54, 1.807) is 0 Å². The molecule has 59 heavy (non-hydrogen) atoms. The van der Waals surface area contributed by atoms with Crippen molar-refractivity contribution in [1.29, 1.82) is 0 Å². The Morgan fingerprint density at radius 2 is 1.07 bits per heavy atom. The SMILES string of the molecule is CC1(C)c2ccccc2-c2ccc(-c3cccc(-c4ccc5sc6ccc(N(c7ccccc7)C7NC(c8ccccc8)=CC(c8ccccc8)N7)cc6c5c4)c3)cc21. The van der Waals surface area contributed by atoms with E-state index in [-0.39, 0.29) is 17.7 Å². The van der Waals surface area contributed by atoms with E-state index in [2.05, 4.69) is 230 Å². The number of anilines is 2. The predicted octanol–water partition coefficient (Wildman–Crippen LogP) is 14.1. The molecule has 11 rings (SSSR count). The van der Waals surface area contributed by atoms with E-state index in [1.165, 1.54) is 70.2 Å². The van der Waals surface area contributed by atoms with Crippen molar-refractivity contribution in [2.45, 2.75) is 31.6 Å². The molecule has 0 bridgehead atoms. The van der Waals surface area contributed by atoms with Crippen molar-refractivity contribution < 1.29 is 0 Å². The zero-order chi connectivity index (χ0) is 39.5. The lowest BCUT2D eigenvalue weighted by Crippen LogP contribution is -2.55. The molecule has 2 aliphatic rings. The Hall–Kier alpha value is -6.72. The molecule has 4 heteroatoms. The number of nitrogens with zero attached hydrogens (tertiary/aromatic N) is 1. The molecule has 0 saturated carbocycles. The van der Waals surface area contributed by atoms with Crippen LogP contribution in [0.3, 0.4) is 0 Å². The van der Waals surface area contributed by atoms with E-state index < -0.39 is 0 Å². The predicted molar refractivity (Wildman–Crippen MR) is 250 cm³/mol. The molecule has 284 valence electrons. The third-order valence-corrected chi connectivity index (χ3v) is 13.5. The molecular weight excluding hydrogens is 735 g/mol. The fourth-order valence-electron chi connectivity index (χ4n) is 9.30. The van der Waals surface area contributed by atoms with Crippen LogP contribution in [0.1, 0.15) is 42.1 Å². The molecule has 2 atom stereocenters. The topological polar surface area (TPSA) is 27.3 Å². The Balaban J connectivity index is 0.977. The Kier molecular flexibility index (Phi) is 8.58. The van der Waals surface area contributed by atoms with Gasteiger partial charge in [-0.1, -0.05) is 153 Å². The highest BCUT2D eigenvalue weighted by molar-refractivity contribution is 7.25. The third kappa shape index (κ3) is 6.24. The first kappa shape index (κ1) is 35.4. The van der Waals surface area contributed by atoms with Crippen LogP contribution in [0.4, 0.5) is 11.4 Å². The summed E-state index contributed by atoms with van der Waals surface area (Å²) in [4.78, 5) is 2.40. The van der Waals surface area contributed by atoms with Gasteiger partial charge in [-0.15, -0.1) is 11.3 Å². The maximum Gasteiger partial charge on any atom is 0.160 e. The average molecular weight is 778 g/mol. The third-order valence-electron chi connectivity index (χ3n) is 12.3. The molecule has 2 N–H and O–H groups in total. The van der Waals surface area contributed by atoms with Crippen LogP contribution >= 0.6 is 11.3 Å². The van der Waals surface area contributed by atoms with Crippen molar-refractivity contribution in [2.75, 3.05) is 4.90 Å². The standard InChI is InChI=1S/C55H43N3S/c1-55(2)48-24-13-12-23-44(48)45-28-25-41(33-49(45)55)39-20-14-19-38(31-39)40-26-29-52-46(32-40)47-34-43(27-30-53(47)59-52)58(42-21-10-5-11-22-42)54-56-50(36-15-6-3-7-16-36)35-51(57-54)37-17-8-4-9-18-37/h3-35,50,54,56-57H,1-2H3. The van der Waals surface area contributed by atoms with E-state index in [0.29, 0.717) is 0 Å². The van der Waals surface area contributed by atoms with Gasteiger partial charge < -0.3 is 10.2 Å². The van der Waals surface area contributed by atoms with Gasteiger partial charge in [0.05, 0.1) is 6.04 Å². The molecule has 0 radical (unpaired) electrons. The van der Waals surface area contributed by atoms with Crippen LogP contribution in [0.15, 0.2) is 200 Å². The van der Waals surface area contributed by atoms with Crippen LogP contribution in [0, 0.1) is 0 Å². The highest BCUT2D eigenvalue weighted by Gasteiger charge is 2.35. The summed E-state index contributed by atoms with van der Waals surface area (Å²) in [5.41, 5.74) is 16.1. The van der Waals surface area contributed by atoms with Crippen molar-refractivity contribution in [1.82, 2.24) is 10.6 Å². The fourth-order valence-corrected chi connectivity index (χ4v) is 10.4. The number of benzene rings is 8. The van der Waals surface area contributed by atoms with Crippen molar-refractivity contribution in [3.8, 4) is 33.4 Å². The Bertz CT molecular complexity index is 3040. The largest absolute Gasteiger partial charge is 0.352 e. The van der Waals surface area contributed by atoms with Crippen LogP contribution in [-0.2, 0) is 5.41 Å². The highest BCUT2D eigenvalue weighted by Crippen LogP contribution is 2.50. The molecule has 1 aliphatic heterocycles. The monoisotopic (exact) mass is 777 g/mol. The number of fused-ring (bicyclic) bond motifs is 6. The van der Waals surface area contributed by atoms with Crippen LogP contribution in [0.2, 0.25) is 0 Å². The first-order chi connectivity index (χ1) is 29.0. The Morgan fingerprint density at radius 3 is 1.85 bits per heavy atom. The fraction of sp³-hybridized carbons (Fsp3) is 0.0909. The van der Waals surface area contributed by atoms with Gasteiger partial charge >= 0.3 is 0 Å². The number of nitrogens with one attached hydrogen (secondary N) is 2. The second-order valence-electron chi connectivity index (χ2n) is 16.3. The number of rotatable bonds is 7. The molecule has 0 amide bonds. The number of thiophene rings is 1. The summed E-state index contributed by atoms with van der Waals surface area (Å²) in [6, 6.07) is 71.0. The minimum atomic E-state index is -0.234. The molecule has 3 nitrogen and oxygen atoms in total. The van der Waals surface area contributed by atoms with Crippen molar-refractivity contribution in [3.05, 3.63) is 222 Å². The van der Waals surface area contributed by atoms with E-state index in [1.807, 2.05) is 11.3 Å². The van der Waals surface area contributed by atoms with Crippen molar-refractivity contribution in [3.63, 3.8) is 0 Å². The molecule has 1 aromatic heterocycles. The maximum atomic E-state index is 3.96. The van der Waals surface area contributed by atoms with Crippen LogP contribution < -0.4 is 15.5 Å². The maximum absolute atomic E-state index is 3.96. The van der Waals surface area contributed by atoms with Gasteiger partial charge in [0, 0.05) is 42.7 Å². The lowest BCUT2D eigenvalue weighted by molar-refractivity contribution is 0.433. The summed E-state index contributed by atoms with van der Waals surface area (Å²) in [7, 11) is 0. The summed E-state index contributed by atoms with van der Waals surface area (Å²) in [6.07, 6.45) is 2.07. The minimum Gasteiger partial charge on any atom is -0.352 e. The lowest BCUT2D eigenvalue weighted by atomic mass is 9.81. The molecule has 0 saturated heterocycles. The van der Waals surface area contributed by atoms with Gasteiger partial charge in [-0.05, 0) is 116 Å². The van der Waals surface area contributed by atoms with E-state index in [0.717, 1.165) is 22.6 Å². The zero-order valence-electron chi connectivity index (χ0n) is 33.1. The molecule has 9 aromatic rings. The summed E-state index contributed by atoms with van der Waals surface area (Å²) in [5, 5.41) is 10.4. The number of hydrogen-bond acceptors (Lipinski definition) is 4. The molecule has 1 aliphatic carbocycles. The second kappa shape index (κ2) is 14.3. The van der Waals surface area contributed by atoms with E-state index >= 15 is 0 Å². The minimum absolute atomic E-state index is 0.00694. The van der Waals surface area contributed by atoms with E-state index in [9.17, 15) is 0 Å². The van der Waals surface area contributed by atoms with Gasteiger partial charge in [-0.2, -0.15) is 0 Å². The van der Waals surface area contributed by atoms with Crippen molar-refractivity contribution >= 4 is 48.6 Å². The molecule has 0 fully saturated rings. The first-order valence-corrected chi connectivity index (χ1v) is 21.3. The van der Waals surface area contributed by atoms with Gasteiger partial charge in [0.25, 0.3) is 0 Å². The molecule has 8 aromatic carbocycles. The highest BCUT2D eigenvalue weighted by atomic mass is 32.1. The van der Waals surface area contributed by atoms with E-state index in [4.69, 9.17) is 0 Å².